The molecule has 2 heterocycles. The molecule has 33 heavy (non-hydrogen) atoms. The molecule has 1 aliphatic carbocycles. The highest BCUT2D eigenvalue weighted by molar-refractivity contribution is 5.93. The molecule has 0 radical (unpaired) electrons. The van der Waals surface area contributed by atoms with Gasteiger partial charge in [0.25, 0.3) is 0 Å². The van der Waals surface area contributed by atoms with Gasteiger partial charge in [-0.1, -0.05) is 54.6 Å². The standard InChI is InChI=1S/C27H24O6/c1-15-10-20-12-19(27(30)31-20)13-23-25(16(2)26(29)33-23)22(11-15)32-24(28)14-18-8-5-7-17-6-3-4-9-21(17)18/h3-9,11-12,20,22-23,25H,2,10,13-14H2,1H3/b15-11+/t20-,22-,23+,25+/m1/s1. The summed E-state index contributed by atoms with van der Waals surface area (Å²) in [5.74, 6) is -1.91. The summed E-state index contributed by atoms with van der Waals surface area (Å²) in [5.41, 5.74) is 2.49. The predicted molar refractivity (Wildman–Crippen MR) is 121 cm³/mol. The molecule has 0 unspecified atom stereocenters. The van der Waals surface area contributed by atoms with Crippen LogP contribution < -0.4 is 0 Å². The van der Waals surface area contributed by atoms with Crippen molar-refractivity contribution >= 4 is 28.7 Å². The lowest BCUT2D eigenvalue weighted by atomic mass is 9.85. The number of rotatable bonds is 3. The summed E-state index contributed by atoms with van der Waals surface area (Å²) in [5, 5.41) is 2.05. The van der Waals surface area contributed by atoms with Crippen molar-refractivity contribution in [3.05, 3.63) is 83.5 Å². The first-order valence-corrected chi connectivity index (χ1v) is 11.0. The number of benzene rings is 2. The van der Waals surface area contributed by atoms with E-state index in [2.05, 4.69) is 6.58 Å². The summed E-state index contributed by atoms with van der Waals surface area (Å²) >= 11 is 0. The fourth-order valence-corrected chi connectivity index (χ4v) is 4.91. The van der Waals surface area contributed by atoms with Crippen LogP contribution in [0.15, 0.2) is 77.9 Å². The Balaban J connectivity index is 1.43. The molecular formula is C27H24O6. The Hall–Kier alpha value is -3.67. The van der Waals surface area contributed by atoms with Crippen molar-refractivity contribution < 1.29 is 28.6 Å². The highest BCUT2D eigenvalue weighted by Gasteiger charge is 2.46. The summed E-state index contributed by atoms with van der Waals surface area (Å²) in [4.78, 5) is 37.7. The zero-order chi connectivity index (χ0) is 23.1. The largest absolute Gasteiger partial charge is 0.458 e. The molecule has 168 valence electrons. The molecule has 0 saturated carbocycles. The van der Waals surface area contributed by atoms with Crippen LogP contribution in [0.4, 0.5) is 0 Å². The lowest BCUT2D eigenvalue weighted by molar-refractivity contribution is -0.149. The summed E-state index contributed by atoms with van der Waals surface area (Å²) < 4.78 is 16.9. The molecule has 1 fully saturated rings. The molecule has 6 heteroatoms. The van der Waals surface area contributed by atoms with Crippen LogP contribution in [0.2, 0.25) is 0 Å². The van der Waals surface area contributed by atoms with Gasteiger partial charge in [-0.25, -0.2) is 9.59 Å². The maximum absolute atomic E-state index is 13.1. The number of ether oxygens (including phenoxy) is 3. The second-order valence-corrected chi connectivity index (χ2v) is 8.82. The number of carbonyl (C=O) groups is 3. The van der Waals surface area contributed by atoms with Crippen molar-refractivity contribution in [2.24, 2.45) is 5.92 Å². The van der Waals surface area contributed by atoms with Crippen molar-refractivity contribution in [1.29, 1.82) is 0 Å². The Kier molecular flexibility index (Phi) is 5.36. The van der Waals surface area contributed by atoms with Gasteiger partial charge in [0.05, 0.1) is 12.3 Å². The van der Waals surface area contributed by atoms with E-state index in [1.165, 1.54) is 0 Å². The Morgan fingerprint density at radius 3 is 2.67 bits per heavy atom. The minimum atomic E-state index is -0.732. The van der Waals surface area contributed by atoms with Gasteiger partial charge in [0.15, 0.2) is 0 Å². The molecule has 4 atom stereocenters. The molecule has 3 aliphatic rings. The van der Waals surface area contributed by atoms with E-state index in [0.717, 1.165) is 21.9 Å². The van der Waals surface area contributed by atoms with Crippen LogP contribution >= 0.6 is 0 Å². The van der Waals surface area contributed by atoms with E-state index in [9.17, 15) is 14.4 Å². The van der Waals surface area contributed by atoms with Gasteiger partial charge in [0.1, 0.15) is 18.3 Å². The highest BCUT2D eigenvalue weighted by Crippen LogP contribution is 2.38. The lowest BCUT2D eigenvalue weighted by Gasteiger charge is -2.26. The first-order chi connectivity index (χ1) is 15.9. The zero-order valence-electron chi connectivity index (χ0n) is 18.3. The van der Waals surface area contributed by atoms with E-state index >= 15 is 0 Å². The van der Waals surface area contributed by atoms with Gasteiger partial charge in [-0.15, -0.1) is 0 Å². The molecule has 5 rings (SSSR count). The second kappa shape index (κ2) is 8.35. The summed E-state index contributed by atoms with van der Waals surface area (Å²) in [6.07, 6.45) is 2.66. The maximum atomic E-state index is 13.1. The van der Waals surface area contributed by atoms with Gasteiger partial charge < -0.3 is 14.2 Å². The molecule has 2 aromatic carbocycles. The SMILES string of the molecule is C=C1C(=O)O[C@H]2CC3=C[C@@H](C/C(C)=C/[C@@H](OC(=O)Cc4cccc5ccccc45)[C@H]12)OC3=O. The molecule has 2 aromatic rings. The maximum Gasteiger partial charge on any atom is 0.334 e. The van der Waals surface area contributed by atoms with Gasteiger partial charge >= 0.3 is 17.9 Å². The van der Waals surface area contributed by atoms with Crippen molar-refractivity contribution in [3.8, 4) is 0 Å². The monoisotopic (exact) mass is 444 g/mol. The van der Waals surface area contributed by atoms with Crippen LogP contribution in [0.3, 0.4) is 0 Å². The van der Waals surface area contributed by atoms with Gasteiger partial charge in [-0.05, 0) is 35.4 Å². The quantitative estimate of drug-likeness (QED) is 0.308. The smallest absolute Gasteiger partial charge is 0.334 e. The topological polar surface area (TPSA) is 78.9 Å². The average Bonchev–Trinajstić information content (AvgIpc) is 3.25. The Labute approximate surface area is 191 Å². The van der Waals surface area contributed by atoms with Gasteiger partial charge in [-0.3, -0.25) is 4.79 Å². The average molecular weight is 444 g/mol. The fraction of sp³-hybridized carbons (Fsp3) is 0.296. The van der Waals surface area contributed by atoms with Crippen LogP contribution in [0.25, 0.3) is 10.8 Å². The van der Waals surface area contributed by atoms with Gasteiger partial charge in [-0.2, -0.15) is 0 Å². The van der Waals surface area contributed by atoms with Crippen molar-refractivity contribution in [3.63, 3.8) is 0 Å². The van der Waals surface area contributed by atoms with Crippen molar-refractivity contribution in [2.75, 3.05) is 0 Å². The third-order valence-corrected chi connectivity index (χ3v) is 6.46. The summed E-state index contributed by atoms with van der Waals surface area (Å²) in [7, 11) is 0. The Morgan fingerprint density at radius 1 is 1.03 bits per heavy atom. The minimum absolute atomic E-state index is 0.0960. The van der Waals surface area contributed by atoms with E-state index in [-0.39, 0.29) is 24.5 Å². The van der Waals surface area contributed by atoms with E-state index in [1.54, 1.807) is 6.08 Å². The van der Waals surface area contributed by atoms with Crippen molar-refractivity contribution in [2.45, 2.75) is 44.5 Å². The Bertz CT molecular complexity index is 1230. The van der Waals surface area contributed by atoms with E-state index < -0.39 is 36.0 Å². The molecule has 2 aliphatic heterocycles. The second-order valence-electron chi connectivity index (χ2n) is 8.82. The summed E-state index contributed by atoms with van der Waals surface area (Å²) in [6.45, 7) is 5.79. The zero-order valence-corrected chi connectivity index (χ0v) is 18.3. The lowest BCUT2D eigenvalue weighted by Crippen LogP contribution is -2.33. The molecule has 0 amide bonds. The number of hydrogen-bond donors (Lipinski definition) is 0. The van der Waals surface area contributed by atoms with E-state index in [4.69, 9.17) is 14.2 Å². The predicted octanol–water partition coefficient (Wildman–Crippen LogP) is 3.98. The normalized spacial score (nSPS) is 28.3. The minimum Gasteiger partial charge on any atom is -0.458 e. The molecule has 1 saturated heterocycles. The van der Waals surface area contributed by atoms with Gasteiger partial charge in [0, 0.05) is 24.0 Å². The molecule has 0 N–H and O–H groups in total. The van der Waals surface area contributed by atoms with Crippen molar-refractivity contribution in [1.82, 2.24) is 0 Å². The molecular weight excluding hydrogens is 420 g/mol. The number of carbonyl (C=O) groups excluding carboxylic acids is 3. The molecule has 0 spiro atoms. The Morgan fingerprint density at radius 2 is 1.82 bits per heavy atom. The van der Waals surface area contributed by atoms with Crippen LogP contribution in [-0.4, -0.2) is 36.2 Å². The van der Waals surface area contributed by atoms with Crippen LogP contribution in [0.5, 0.6) is 0 Å². The highest BCUT2D eigenvalue weighted by atomic mass is 16.6. The van der Waals surface area contributed by atoms with Crippen LogP contribution in [0.1, 0.15) is 25.3 Å². The first-order valence-electron chi connectivity index (χ1n) is 11.0. The van der Waals surface area contributed by atoms with Crippen LogP contribution in [0, 0.1) is 5.92 Å². The molecule has 0 aromatic heterocycles. The van der Waals surface area contributed by atoms with Gasteiger partial charge in [0.2, 0.25) is 0 Å². The third kappa shape index (κ3) is 4.09. The molecule has 2 bridgehead atoms. The fourth-order valence-electron chi connectivity index (χ4n) is 4.91. The number of hydrogen-bond acceptors (Lipinski definition) is 6. The van der Waals surface area contributed by atoms with E-state index in [0.29, 0.717) is 12.0 Å². The molecule has 6 nitrogen and oxygen atoms in total. The van der Waals surface area contributed by atoms with Crippen LogP contribution in [-0.2, 0) is 35.0 Å². The number of fused-ring (bicyclic) bond motifs is 3. The summed E-state index contributed by atoms with van der Waals surface area (Å²) in [6, 6.07) is 13.7. The van der Waals surface area contributed by atoms with E-state index in [1.807, 2.05) is 55.5 Å². The first kappa shape index (κ1) is 21.2. The number of esters is 3. The third-order valence-electron chi connectivity index (χ3n) is 6.46.